The number of nitrogen functional groups attached to an aromatic ring is 1. The number of hydrogen-bond donors (Lipinski definition) is 1. The van der Waals surface area contributed by atoms with E-state index in [2.05, 4.69) is 4.90 Å². The molecule has 0 aromatic heterocycles. The summed E-state index contributed by atoms with van der Waals surface area (Å²) in [5.74, 6) is 2.43. The summed E-state index contributed by atoms with van der Waals surface area (Å²) in [6.45, 7) is 2.98. The zero-order valence-electron chi connectivity index (χ0n) is 11.5. The van der Waals surface area contributed by atoms with Crippen LogP contribution in [0.1, 0.15) is 19.3 Å². The molecule has 1 aliphatic heterocycles. The summed E-state index contributed by atoms with van der Waals surface area (Å²) in [6.07, 6.45) is 4.19. The first kappa shape index (κ1) is 12.6. The molecule has 3 rings (SSSR count). The van der Waals surface area contributed by atoms with Gasteiger partial charge in [-0.2, -0.15) is 0 Å². The Morgan fingerprint density at radius 3 is 2.89 bits per heavy atom. The van der Waals surface area contributed by atoms with Gasteiger partial charge in [0.05, 0.1) is 7.11 Å². The molecule has 2 N–H and O–H groups in total. The summed E-state index contributed by atoms with van der Waals surface area (Å²) in [5.41, 5.74) is 6.42. The predicted octanol–water partition coefficient (Wildman–Crippen LogP) is 2.14. The minimum absolute atomic E-state index is 0.695. The SMILES string of the molecule is COc1cc(N)ccc1OCCN1CC2CCC1C2. The van der Waals surface area contributed by atoms with Gasteiger partial charge >= 0.3 is 0 Å². The summed E-state index contributed by atoms with van der Waals surface area (Å²) in [4.78, 5) is 2.57. The highest BCUT2D eigenvalue weighted by Gasteiger charge is 2.37. The molecule has 1 aromatic carbocycles. The number of nitrogens with two attached hydrogens (primary N) is 1. The third-order valence-electron chi connectivity index (χ3n) is 4.35. The number of fused-ring (bicyclic) bond motifs is 2. The number of piperidine rings is 1. The van der Waals surface area contributed by atoms with Gasteiger partial charge in [0.2, 0.25) is 0 Å². The topological polar surface area (TPSA) is 47.7 Å². The number of nitrogens with zero attached hydrogens (tertiary/aromatic N) is 1. The van der Waals surface area contributed by atoms with Crippen molar-refractivity contribution in [1.29, 1.82) is 0 Å². The Balaban J connectivity index is 1.52. The third kappa shape index (κ3) is 2.63. The first-order chi connectivity index (χ1) is 9.26. The van der Waals surface area contributed by atoms with Crippen LogP contribution in [0.2, 0.25) is 0 Å². The van der Waals surface area contributed by atoms with Gasteiger partial charge in [0.15, 0.2) is 11.5 Å². The van der Waals surface area contributed by atoms with E-state index in [4.69, 9.17) is 15.2 Å². The van der Waals surface area contributed by atoms with Crippen LogP contribution in [-0.2, 0) is 0 Å². The monoisotopic (exact) mass is 262 g/mol. The molecule has 104 valence electrons. The minimum atomic E-state index is 0.695. The van der Waals surface area contributed by atoms with Crippen LogP contribution in [0, 0.1) is 5.92 Å². The van der Waals surface area contributed by atoms with Crippen LogP contribution in [0.5, 0.6) is 11.5 Å². The smallest absolute Gasteiger partial charge is 0.162 e. The molecule has 1 aliphatic carbocycles. The number of benzene rings is 1. The van der Waals surface area contributed by atoms with Gasteiger partial charge in [-0.1, -0.05) is 0 Å². The number of anilines is 1. The zero-order valence-corrected chi connectivity index (χ0v) is 11.5. The van der Waals surface area contributed by atoms with E-state index >= 15 is 0 Å². The van der Waals surface area contributed by atoms with Crippen molar-refractivity contribution in [1.82, 2.24) is 4.90 Å². The van der Waals surface area contributed by atoms with Gasteiger partial charge in [0, 0.05) is 30.9 Å². The van der Waals surface area contributed by atoms with Crippen LogP contribution in [0.15, 0.2) is 18.2 Å². The summed E-state index contributed by atoms with van der Waals surface area (Å²) in [7, 11) is 1.64. The fourth-order valence-electron chi connectivity index (χ4n) is 3.38. The maximum atomic E-state index is 5.83. The molecule has 1 aromatic rings. The largest absolute Gasteiger partial charge is 0.493 e. The molecule has 19 heavy (non-hydrogen) atoms. The molecule has 0 radical (unpaired) electrons. The molecule has 0 amide bonds. The van der Waals surface area contributed by atoms with Crippen molar-refractivity contribution in [3.05, 3.63) is 18.2 Å². The number of likely N-dealkylation sites (tertiary alicyclic amines) is 1. The van der Waals surface area contributed by atoms with Gasteiger partial charge in [-0.05, 0) is 37.3 Å². The standard InChI is InChI=1S/C15H22N2O2/c1-18-15-9-12(16)3-5-14(15)19-7-6-17-10-11-2-4-13(17)8-11/h3,5,9,11,13H,2,4,6-8,10,16H2,1H3. The lowest BCUT2D eigenvalue weighted by Gasteiger charge is -2.26. The molecule has 2 bridgehead atoms. The maximum Gasteiger partial charge on any atom is 0.162 e. The first-order valence-corrected chi connectivity index (χ1v) is 7.06. The van der Waals surface area contributed by atoms with E-state index in [9.17, 15) is 0 Å². The predicted molar refractivity (Wildman–Crippen MR) is 75.6 cm³/mol. The molecule has 2 atom stereocenters. The third-order valence-corrected chi connectivity index (χ3v) is 4.35. The van der Waals surface area contributed by atoms with Crippen LogP contribution >= 0.6 is 0 Å². The van der Waals surface area contributed by atoms with E-state index in [1.54, 1.807) is 13.2 Å². The molecular weight excluding hydrogens is 240 g/mol. The molecule has 2 aliphatic rings. The molecule has 2 fully saturated rings. The van der Waals surface area contributed by atoms with Crippen LogP contribution in [0.3, 0.4) is 0 Å². The van der Waals surface area contributed by atoms with Crippen molar-refractivity contribution in [2.75, 3.05) is 32.5 Å². The second-order valence-electron chi connectivity index (χ2n) is 5.59. The second-order valence-corrected chi connectivity index (χ2v) is 5.59. The van der Waals surface area contributed by atoms with Crippen molar-refractivity contribution in [3.8, 4) is 11.5 Å². The van der Waals surface area contributed by atoms with Gasteiger partial charge in [-0.15, -0.1) is 0 Å². The van der Waals surface area contributed by atoms with E-state index in [-0.39, 0.29) is 0 Å². The Hall–Kier alpha value is -1.42. The zero-order chi connectivity index (χ0) is 13.2. The quantitative estimate of drug-likeness (QED) is 0.826. The lowest BCUT2D eigenvalue weighted by molar-refractivity contribution is 0.170. The van der Waals surface area contributed by atoms with Crippen molar-refractivity contribution in [2.45, 2.75) is 25.3 Å². The molecule has 1 saturated carbocycles. The summed E-state index contributed by atoms with van der Waals surface area (Å²) in [5, 5.41) is 0. The maximum absolute atomic E-state index is 5.83. The molecule has 1 saturated heterocycles. The average Bonchev–Trinajstić information content (AvgIpc) is 3.02. The summed E-state index contributed by atoms with van der Waals surface area (Å²) in [6, 6.07) is 6.33. The van der Waals surface area contributed by atoms with E-state index in [0.29, 0.717) is 18.0 Å². The Bertz CT molecular complexity index is 450. The first-order valence-electron chi connectivity index (χ1n) is 7.06. The van der Waals surface area contributed by atoms with Crippen molar-refractivity contribution in [3.63, 3.8) is 0 Å². The highest BCUT2D eigenvalue weighted by molar-refractivity contribution is 5.51. The van der Waals surface area contributed by atoms with Crippen molar-refractivity contribution >= 4 is 5.69 Å². The molecule has 1 heterocycles. The number of rotatable bonds is 5. The molecule has 2 unspecified atom stereocenters. The number of methoxy groups -OCH3 is 1. The van der Waals surface area contributed by atoms with Crippen molar-refractivity contribution in [2.24, 2.45) is 5.92 Å². The normalized spacial score (nSPS) is 25.7. The molecule has 4 nitrogen and oxygen atoms in total. The Morgan fingerprint density at radius 1 is 1.32 bits per heavy atom. The van der Waals surface area contributed by atoms with Crippen LogP contribution in [0.4, 0.5) is 5.69 Å². The van der Waals surface area contributed by atoms with Crippen LogP contribution < -0.4 is 15.2 Å². The van der Waals surface area contributed by atoms with Crippen LogP contribution in [-0.4, -0.2) is 37.7 Å². The lowest BCUT2D eigenvalue weighted by Crippen LogP contribution is -2.35. The molecular formula is C15H22N2O2. The Morgan fingerprint density at radius 2 is 2.21 bits per heavy atom. The van der Waals surface area contributed by atoms with Gasteiger partial charge in [0.1, 0.15) is 6.61 Å². The van der Waals surface area contributed by atoms with Gasteiger partial charge in [-0.25, -0.2) is 0 Å². The highest BCUT2D eigenvalue weighted by atomic mass is 16.5. The molecule has 0 spiro atoms. The van der Waals surface area contributed by atoms with E-state index in [1.165, 1.54) is 25.8 Å². The fraction of sp³-hybridized carbons (Fsp3) is 0.600. The minimum Gasteiger partial charge on any atom is -0.493 e. The Kier molecular flexibility index (Phi) is 3.51. The average molecular weight is 262 g/mol. The van der Waals surface area contributed by atoms with Crippen molar-refractivity contribution < 1.29 is 9.47 Å². The molecule has 4 heteroatoms. The summed E-state index contributed by atoms with van der Waals surface area (Å²) >= 11 is 0. The van der Waals surface area contributed by atoms with E-state index < -0.39 is 0 Å². The fourth-order valence-corrected chi connectivity index (χ4v) is 3.38. The van der Waals surface area contributed by atoms with Crippen LogP contribution in [0.25, 0.3) is 0 Å². The van der Waals surface area contributed by atoms with E-state index in [1.807, 2.05) is 12.1 Å². The van der Waals surface area contributed by atoms with Gasteiger partial charge in [-0.3, -0.25) is 4.90 Å². The number of hydrogen-bond acceptors (Lipinski definition) is 4. The van der Waals surface area contributed by atoms with E-state index in [0.717, 1.165) is 24.3 Å². The second kappa shape index (κ2) is 5.29. The Labute approximate surface area is 114 Å². The highest BCUT2D eigenvalue weighted by Crippen LogP contribution is 2.37. The lowest BCUT2D eigenvalue weighted by atomic mass is 10.1. The summed E-state index contributed by atoms with van der Waals surface area (Å²) < 4.78 is 11.1. The number of ether oxygens (including phenoxy) is 2. The van der Waals surface area contributed by atoms with Gasteiger partial charge < -0.3 is 15.2 Å². The van der Waals surface area contributed by atoms with Gasteiger partial charge in [0.25, 0.3) is 0 Å².